The average Bonchev–Trinajstić information content (AvgIpc) is 2.84. The summed E-state index contributed by atoms with van der Waals surface area (Å²) >= 11 is 0. The zero-order valence-electron chi connectivity index (χ0n) is 20.0. The first kappa shape index (κ1) is 25.2. The third-order valence-corrected chi connectivity index (χ3v) is 6.75. The quantitative estimate of drug-likeness (QED) is 0.279. The molecule has 1 N–H and O–H groups in total. The van der Waals surface area contributed by atoms with Gasteiger partial charge in [-0.25, -0.2) is 9.18 Å². The van der Waals surface area contributed by atoms with Gasteiger partial charge < -0.3 is 14.4 Å². The highest BCUT2D eigenvalue weighted by Gasteiger charge is 2.19. The van der Waals surface area contributed by atoms with Crippen LogP contribution in [0.3, 0.4) is 0 Å². The zero-order valence-corrected chi connectivity index (χ0v) is 20.8. The van der Waals surface area contributed by atoms with Gasteiger partial charge in [-0.1, -0.05) is 62.4 Å². The number of hydrogen-bond donors (Lipinski definition) is 1. The Morgan fingerprint density at radius 1 is 0.944 bits per heavy atom. The molecule has 0 radical (unpaired) electrons. The van der Waals surface area contributed by atoms with E-state index < -0.39 is 15.9 Å². The number of halogens is 1. The van der Waals surface area contributed by atoms with Crippen LogP contribution >= 0.6 is 0 Å². The van der Waals surface area contributed by atoms with Gasteiger partial charge in [0.25, 0.3) is 0 Å². The number of nitrogens with zero attached hydrogens (tertiary/aromatic N) is 1. The van der Waals surface area contributed by atoms with Gasteiger partial charge >= 0.3 is 16.1 Å². The normalized spacial score (nSPS) is 11.4. The summed E-state index contributed by atoms with van der Waals surface area (Å²) in [5, 5.41) is 4.99. The molecular formula is C28H27FN2O4S. The van der Waals surface area contributed by atoms with Gasteiger partial charge in [-0.15, -0.1) is 0 Å². The maximum absolute atomic E-state index is 13.3. The number of nitrogens with one attached hydrogen (secondary N) is 1. The van der Waals surface area contributed by atoms with Gasteiger partial charge in [0.15, 0.2) is 0 Å². The van der Waals surface area contributed by atoms with Crippen LogP contribution in [0.5, 0.6) is 5.75 Å². The maximum Gasteiger partial charge on any atom is 0.339 e. The minimum atomic E-state index is -4.13. The van der Waals surface area contributed by atoms with Gasteiger partial charge in [0.2, 0.25) is 0 Å². The number of hydrogen-bond acceptors (Lipinski definition) is 4. The molecule has 0 bridgehead atoms. The van der Waals surface area contributed by atoms with Crippen molar-refractivity contribution in [3.8, 4) is 5.75 Å². The molecule has 0 aromatic heterocycles. The van der Waals surface area contributed by atoms with Crippen LogP contribution in [0.15, 0.2) is 95.9 Å². The number of carbonyl (C=O) groups is 1. The van der Waals surface area contributed by atoms with E-state index in [9.17, 15) is 17.6 Å². The molecule has 0 aliphatic carbocycles. The van der Waals surface area contributed by atoms with E-state index >= 15 is 0 Å². The Balaban J connectivity index is 1.53. The van der Waals surface area contributed by atoms with Crippen molar-refractivity contribution in [2.24, 2.45) is 5.92 Å². The molecule has 186 valence electrons. The zero-order chi connectivity index (χ0) is 25.7. The molecule has 0 saturated heterocycles. The first-order valence-corrected chi connectivity index (χ1v) is 12.9. The van der Waals surface area contributed by atoms with Crippen LogP contribution in [0.2, 0.25) is 0 Å². The van der Waals surface area contributed by atoms with Gasteiger partial charge in [0, 0.05) is 18.5 Å². The molecule has 0 saturated carbocycles. The lowest BCUT2D eigenvalue weighted by molar-refractivity contribution is 0.201. The number of rotatable bonds is 8. The lowest BCUT2D eigenvalue weighted by atomic mass is 10.1. The fourth-order valence-corrected chi connectivity index (χ4v) is 4.80. The molecule has 0 aliphatic rings. The smallest absolute Gasteiger partial charge is 0.339 e. The molecule has 4 aromatic rings. The second-order valence-electron chi connectivity index (χ2n) is 8.87. The molecule has 4 aromatic carbocycles. The van der Waals surface area contributed by atoms with Crippen LogP contribution < -0.4 is 9.50 Å². The Labute approximate surface area is 210 Å². The first-order valence-electron chi connectivity index (χ1n) is 11.5. The van der Waals surface area contributed by atoms with E-state index in [-0.39, 0.29) is 29.1 Å². The Morgan fingerprint density at radius 2 is 1.64 bits per heavy atom. The highest BCUT2D eigenvalue weighted by Crippen LogP contribution is 2.25. The fourth-order valence-electron chi connectivity index (χ4n) is 3.88. The molecule has 8 heteroatoms. The number of benzene rings is 4. The summed E-state index contributed by atoms with van der Waals surface area (Å²) in [7, 11) is -4.13. The van der Waals surface area contributed by atoms with E-state index in [0.717, 1.165) is 35.0 Å². The average molecular weight is 507 g/mol. The van der Waals surface area contributed by atoms with E-state index in [0.29, 0.717) is 17.8 Å². The van der Waals surface area contributed by atoms with E-state index in [2.05, 4.69) is 5.32 Å². The molecule has 36 heavy (non-hydrogen) atoms. The van der Waals surface area contributed by atoms with Gasteiger partial charge in [-0.05, 0) is 59.3 Å². The second kappa shape index (κ2) is 10.8. The van der Waals surface area contributed by atoms with E-state index in [1.807, 2.05) is 56.3 Å². The van der Waals surface area contributed by atoms with E-state index in [4.69, 9.17) is 4.18 Å². The summed E-state index contributed by atoms with van der Waals surface area (Å²) in [6, 6.07) is 24.3. The van der Waals surface area contributed by atoms with Gasteiger partial charge in [0.1, 0.15) is 16.5 Å². The summed E-state index contributed by atoms with van der Waals surface area (Å²) in [5.74, 6) is -0.222. The molecule has 0 heterocycles. The predicted molar refractivity (Wildman–Crippen MR) is 139 cm³/mol. The topological polar surface area (TPSA) is 75.7 Å². The SMILES string of the molecule is CC(C)CN(Cc1cccc(OS(=O)(=O)c2ccc(F)cc2)c1)C(=O)Nc1cccc2ccccc12. The number of carbonyl (C=O) groups excluding carboxylic acids is 1. The van der Waals surface area contributed by atoms with Gasteiger partial charge in [-0.2, -0.15) is 8.42 Å². The molecule has 0 aliphatic heterocycles. The van der Waals surface area contributed by atoms with Crippen molar-refractivity contribution in [2.45, 2.75) is 25.3 Å². The maximum atomic E-state index is 13.3. The van der Waals surface area contributed by atoms with E-state index in [1.54, 1.807) is 23.1 Å². The molecule has 6 nitrogen and oxygen atoms in total. The molecule has 0 fully saturated rings. The highest BCUT2D eigenvalue weighted by molar-refractivity contribution is 7.87. The minimum Gasteiger partial charge on any atom is -0.379 e. The Kier molecular flexibility index (Phi) is 7.55. The summed E-state index contributed by atoms with van der Waals surface area (Å²) in [4.78, 5) is 14.8. The summed E-state index contributed by atoms with van der Waals surface area (Å²) < 4.78 is 43.6. The minimum absolute atomic E-state index is 0.107. The van der Waals surface area contributed by atoms with Crippen molar-refractivity contribution >= 4 is 32.6 Å². The molecule has 0 spiro atoms. The first-order chi connectivity index (χ1) is 17.2. The van der Waals surface area contributed by atoms with Crippen LogP contribution in [0.1, 0.15) is 19.4 Å². The van der Waals surface area contributed by atoms with Crippen molar-refractivity contribution in [2.75, 3.05) is 11.9 Å². The Morgan fingerprint density at radius 3 is 2.39 bits per heavy atom. The molecule has 0 atom stereocenters. The standard InChI is InChI=1S/C28H27FN2O4S/c1-20(2)18-31(28(32)30-27-12-6-9-22-8-3-4-11-26(22)27)19-21-7-5-10-24(17-21)35-36(33,34)25-15-13-23(29)14-16-25/h3-17,20H,18-19H2,1-2H3,(H,30,32). The third-order valence-electron chi connectivity index (χ3n) is 5.48. The van der Waals surface area contributed by atoms with Crippen molar-refractivity contribution in [3.63, 3.8) is 0 Å². The number of urea groups is 1. The van der Waals surface area contributed by atoms with Crippen molar-refractivity contribution in [3.05, 3.63) is 102 Å². The molecule has 0 unspecified atom stereocenters. The van der Waals surface area contributed by atoms with Gasteiger partial charge in [0.05, 0.1) is 5.69 Å². The summed E-state index contributed by atoms with van der Waals surface area (Å²) in [6.45, 7) is 4.79. The van der Waals surface area contributed by atoms with Crippen LogP contribution in [0.25, 0.3) is 10.8 Å². The summed E-state index contributed by atoms with van der Waals surface area (Å²) in [5.41, 5.74) is 1.42. The van der Waals surface area contributed by atoms with Crippen LogP contribution in [0, 0.1) is 11.7 Å². The largest absolute Gasteiger partial charge is 0.379 e. The molecule has 4 rings (SSSR count). The highest BCUT2D eigenvalue weighted by atomic mass is 32.2. The van der Waals surface area contributed by atoms with Gasteiger partial charge in [-0.3, -0.25) is 0 Å². The predicted octanol–water partition coefficient (Wildman–Crippen LogP) is 6.44. The second-order valence-corrected chi connectivity index (χ2v) is 10.4. The van der Waals surface area contributed by atoms with Crippen LogP contribution in [-0.2, 0) is 16.7 Å². The Hall–Kier alpha value is -3.91. The third kappa shape index (κ3) is 6.20. The summed E-state index contributed by atoms with van der Waals surface area (Å²) in [6.07, 6.45) is 0. The number of amides is 2. The molecular weight excluding hydrogens is 479 g/mol. The number of fused-ring (bicyclic) bond motifs is 1. The lowest BCUT2D eigenvalue weighted by Crippen LogP contribution is -2.37. The monoisotopic (exact) mass is 506 g/mol. The van der Waals surface area contributed by atoms with Crippen molar-refractivity contribution in [1.82, 2.24) is 4.90 Å². The lowest BCUT2D eigenvalue weighted by Gasteiger charge is -2.25. The molecule has 2 amide bonds. The van der Waals surface area contributed by atoms with Crippen LogP contribution in [-0.4, -0.2) is 25.9 Å². The van der Waals surface area contributed by atoms with Crippen molar-refractivity contribution in [1.29, 1.82) is 0 Å². The number of anilines is 1. The van der Waals surface area contributed by atoms with Crippen molar-refractivity contribution < 1.29 is 21.8 Å². The van der Waals surface area contributed by atoms with E-state index in [1.165, 1.54) is 6.07 Å². The van der Waals surface area contributed by atoms with Crippen LogP contribution in [0.4, 0.5) is 14.9 Å². The Bertz CT molecular complexity index is 1470. The fraction of sp³-hybridized carbons (Fsp3) is 0.179.